The van der Waals surface area contributed by atoms with E-state index in [2.05, 4.69) is 6.07 Å². The van der Waals surface area contributed by atoms with Gasteiger partial charge in [0.25, 0.3) is 0 Å². The molecule has 18 heavy (non-hydrogen) atoms. The number of nitrogens with zero attached hydrogens (tertiary/aromatic N) is 1. The van der Waals surface area contributed by atoms with Crippen molar-refractivity contribution in [3.05, 3.63) is 83.9 Å². The van der Waals surface area contributed by atoms with Crippen molar-refractivity contribution in [1.82, 2.24) is 0 Å². The molecule has 0 bridgehead atoms. The highest BCUT2D eigenvalue weighted by molar-refractivity contribution is 5.80. The summed E-state index contributed by atoms with van der Waals surface area (Å²) in [6.45, 7) is 0. The van der Waals surface area contributed by atoms with Gasteiger partial charge in [-0.25, -0.2) is 0 Å². The first-order valence-corrected chi connectivity index (χ1v) is 5.78. The van der Waals surface area contributed by atoms with Gasteiger partial charge in [0, 0.05) is 6.08 Å². The van der Waals surface area contributed by atoms with Crippen molar-refractivity contribution in [2.75, 3.05) is 0 Å². The predicted octanol–water partition coefficient (Wildman–Crippen LogP) is 4.31. The van der Waals surface area contributed by atoms with E-state index in [0.29, 0.717) is 0 Å². The lowest BCUT2D eigenvalue weighted by atomic mass is 10.0. The van der Waals surface area contributed by atoms with Crippen LogP contribution < -0.4 is 0 Å². The third-order valence-corrected chi connectivity index (χ3v) is 2.58. The van der Waals surface area contributed by atoms with E-state index in [1.54, 1.807) is 6.08 Å². The molecule has 1 nitrogen and oxygen atoms in total. The predicted molar refractivity (Wildman–Crippen MR) is 75.5 cm³/mol. The van der Waals surface area contributed by atoms with Gasteiger partial charge in [-0.1, -0.05) is 72.8 Å². The van der Waals surface area contributed by atoms with Crippen molar-refractivity contribution in [2.45, 2.75) is 0 Å². The SMILES string of the molecule is N#C/C=C(/C=C/c1ccccc1)c1ccccc1. The highest BCUT2D eigenvalue weighted by Crippen LogP contribution is 2.16. The summed E-state index contributed by atoms with van der Waals surface area (Å²) in [7, 11) is 0. The summed E-state index contributed by atoms with van der Waals surface area (Å²) in [6, 6.07) is 22.0. The van der Waals surface area contributed by atoms with Crippen LogP contribution in [-0.4, -0.2) is 0 Å². The van der Waals surface area contributed by atoms with Gasteiger partial charge in [-0.3, -0.25) is 0 Å². The van der Waals surface area contributed by atoms with Crippen molar-refractivity contribution in [3.63, 3.8) is 0 Å². The monoisotopic (exact) mass is 231 g/mol. The van der Waals surface area contributed by atoms with E-state index in [0.717, 1.165) is 16.7 Å². The zero-order valence-corrected chi connectivity index (χ0v) is 9.95. The molecule has 0 aliphatic carbocycles. The maximum absolute atomic E-state index is 8.83. The van der Waals surface area contributed by atoms with E-state index in [-0.39, 0.29) is 0 Å². The Morgan fingerprint density at radius 3 is 2.11 bits per heavy atom. The largest absolute Gasteiger partial charge is 0.193 e. The minimum absolute atomic E-state index is 0.918. The molecular formula is C17H13N. The number of nitriles is 1. The molecular weight excluding hydrogens is 218 g/mol. The molecule has 0 fully saturated rings. The van der Waals surface area contributed by atoms with Crippen LogP contribution in [0.25, 0.3) is 11.6 Å². The molecule has 86 valence electrons. The number of benzene rings is 2. The zero-order chi connectivity index (χ0) is 12.6. The topological polar surface area (TPSA) is 23.8 Å². The van der Waals surface area contributed by atoms with Crippen molar-refractivity contribution < 1.29 is 0 Å². The van der Waals surface area contributed by atoms with Gasteiger partial charge in [0.1, 0.15) is 0 Å². The lowest BCUT2D eigenvalue weighted by Crippen LogP contribution is -1.79. The minimum Gasteiger partial charge on any atom is -0.193 e. The average Bonchev–Trinajstić information content (AvgIpc) is 2.45. The molecule has 0 saturated heterocycles. The smallest absolute Gasteiger partial charge is 0.0918 e. The van der Waals surface area contributed by atoms with Crippen LogP contribution in [0.5, 0.6) is 0 Å². The third kappa shape index (κ3) is 3.20. The van der Waals surface area contributed by atoms with Crippen LogP contribution in [-0.2, 0) is 0 Å². The summed E-state index contributed by atoms with van der Waals surface area (Å²) >= 11 is 0. The van der Waals surface area contributed by atoms with Gasteiger partial charge in [0.05, 0.1) is 6.07 Å². The second kappa shape index (κ2) is 6.22. The Hall–Kier alpha value is -2.59. The van der Waals surface area contributed by atoms with Gasteiger partial charge in [-0.15, -0.1) is 0 Å². The molecule has 0 heterocycles. The van der Waals surface area contributed by atoms with E-state index in [1.165, 1.54) is 0 Å². The van der Waals surface area contributed by atoms with Crippen LogP contribution in [0.15, 0.2) is 72.8 Å². The van der Waals surface area contributed by atoms with E-state index >= 15 is 0 Å². The Bertz CT molecular complexity index is 587. The van der Waals surface area contributed by atoms with Crippen molar-refractivity contribution >= 4 is 11.6 Å². The fourth-order valence-electron chi connectivity index (χ4n) is 1.68. The fraction of sp³-hybridized carbons (Fsp3) is 0. The van der Waals surface area contributed by atoms with Crippen LogP contribution in [0.1, 0.15) is 11.1 Å². The fourth-order valence-corrected chi connectivity index (χ4v) is 1.68. The lowest BCUT2D eigenvalue weighted by molar-refractivity contribution is 1.53. The number of rotatable bonds is 3. The molecule has 1 heteroatoms. The molecule has 2 aromatic carbocycles. The second-order valence-electron chi connectivity index (χ2n) is 3.84. The van der Waals surface area contributed by atoms with Crippen LogP contribution >= 0.6 is 0 Å². The van der Waals surface area contributed by atoms with Crippen LogP contribution in [0.4, 0.5) is 0 Å². The van der Waals surface area contributed by atoms with Gasteiger partial charge < -0.3 is 0 Å². The van der Waals surface area contributed by atoms with Gasteiger partial charge in [0.15, 0.2) is 0 Å². The Morgan fingerprint density at radius 1 is 0.889 bits per heavy atom. The summed E-state index contributed by atoms with van der Waals surface area (Å²) < 4.78 is 0. The Balaban J connectivity index is 2.27. The Kier molecular flexibility index (Phi) is 4.11. The van der Waals surface area contributed by atoms with Gasteiger partial charge in [-0.2, -0.15) is 5.26 Å². The number of allylic oxidation sites excluding steroid dienone is 3. The first kappa shape index (κ1) is 11.9. The minimum atomic E-state index is 0.918. The third-order valence-electron chi connectivity index (χ3n) is 2.58. The first-order chi connectivity index (χ1) is 8.90. The maximum atomic E-state index is 8.83. The molecule has 2 rings (SSSR count). The molecule has 0 N–H and O–H groups in total. The summed E-state index contributed by atoms with van der Waals surface area (Å²) in [5.41, 5.74) is 3.09. The van der Waals surface area contributed by atoms with Crippen LogP contribution in [0, 0.1) is 11.3 Å². The summed E-state index contributed by atoms with van der Waals surface area (Å²) in [6.07, 6.45) is 5.54. The summed E-state index contributed by atoms with van der Waals surface area (Å²) in [5.74, 6) is 0. The molecule has 0 atom stereocenters. The lowest BCUT2D eigenvalue weighted by Gasteiger charge is -2.00. The normalized spacial score (nSPS) is 11.4. The highest BCUT2D eigenvalue weighted by Gasteiger charge is 1.96. The van der Waals surface area contributed by atoms with Crippen molar-refractivity contribution in [1.29, 1.82) is 5.26 Å². The zero-order valence-electron chi connectivity index (χ0n) is 9.95. The summed E-state index contributed by atoms with van der Waals surface area (Å²) in [5, 5.41) is 8.83. The molecule has 0 unspecified atom stereocenters. The average molecular weight is 231 g/mol. The second-order valence-corrected chi connectivity index (χ2v) is 3.84. The first-order valence-electron chi connectivity index (χ1n) is 5.78. The van der Waals surface area contributed by atoms with Gasteiger partial charge in [-0.05, 0) is 16.7 Å². The highest BCUT2D eigenvalue weighted by atomic mass is 14.2. The Labute approximate surface area is 107 Å². The van der Waals surface area contributed by atoms with Crippen LogP contribution in [0.2, 0.25) is 0 Å². The Morgan fingerprint density at radius 2 is 1.50 bits per heavy atom. The summed E-state index contributed by atoms with van der Waals surface area (Å²) in [4.78, 5) is 0. The molecule has 0 aliphatic heterocycles. The molecule has 0 amide bonds. The van der Waals surface area contributed by atoms with E-state index < -0.39 is 0 Å². The van der Waals surface area contributed by atoms with E-state index in [9.17, 15) is 0 Å². The van der Waals surface area contributed by atoms with Crippen molar-refractivity contribution in [3.8, 4) is 6.07 Å². The van der Waals surface area contributed by atoms with E-state index in [1.807, 2.05) is 72.8 Å². The van der Waals surface area contributed by atoms with Crippen LogP contribution in [0.3, 0.4) is 0 Å². The molecule has 0 radical (unpaired) electrons. The van der Waals surface area contributed by atoms with Gasteiger partial charge >= 0.3 is 0 Å². The molecule has 0 spiro atoms. The number of hydrogen-bond donors (Lipinski definition) is 0. The standard InChI is InChI=1S/C17H13N/c18-14-13-17(16-9-5-2-6-10-16)12-11-15-7-3-1-4-8-15/h1-13H/b12-11+,17-13-. The maximum Gasteiger partial charge on any atom is 0.0918 e. The molecule has 0 aliphatic rings. The molecule has 0 aromatic heterocycles. The number of hydrogen-bond acceptors (Lipinski definition) is 1. The molecule has 0 saturated carbocycles. The van der Waals surface area contributed by atoms with E-state index in [4.69, 9.17) is 5.26 Å². The van der Waals surface area contributed by atoms with Crippen molar-refractivity contribution in [2.24, 2.45) is 0 Å². The molecule has 2 aromatic rings. The quantitative estimate of drug-likeness (QED) is 0.570. The van der Waals surface area contributed by atoms with Gasteiger partial charge in [0.2, 0.25) is 0 Å².